The summed E-state index contributed by atoms with van der Waals surface area (Å²) < 4.78 is 45.5. The fourth-order valence-electron chi connectivity index (χ4n) is 2.83. The lowest BCUT2D eigenvalue weighted by molar-refractivity contribution is -0.106. The van der Waals surface area contributed by atoms with Crippen molar-refractivity contribution >= 4 is 6.09 Å². The molecular weight excluding hydrogens is 394 g/mol. The highest BCUT2D eigenvalue weighted by atomic mass is 19.1. The molecule has 0 unspecified atom stereocenters. The first kappa shape index (κ1) is 23.3. The smallest absolute Gasteiger partial charge is 0.407 e. The number of amides is 1. The van der Waals surface area contributed by atoms with Gasteiger partial charge in [0.2, 0.25) is 0 Å². The molecule has 8 heteroatoms. The van der Waals surface area contributed by atoms with E-state index in [0.717, 1.165) is 0 Å². The number of carbonyl (C=O) groups excluding carboxylic acids is 1. The first-order chi connectivity index (χ1) is 14.1. The molecule has 0 aliphatic rings. The summed E-state index contributed by atoms with van der Waals surface area (Å²) in [4.78, 5) is 11.8. The van der Waals surface area contributed by atoms with E-state index in [0.29, 0.717) is 5.56 Å². The molecule has 30 heavy (non-hydrogen) atoms. The third-order valence-corrected chi connectivity index (χ3v) is 4.11. The van der Waals surface area contributed by atoms with Crippen molar-refractivity contribution in [2.45, 2.75) is 39.2 Å². The van der Waals surface area contributed by atoms with E-state index in [1.807, 2.05) is 0 Å². The summed E-state index contributed by atoms with van der Waals surface area (Å²) in [6, 6.07) is 8.83. The standard InChI is InChI=1S/C22H24F2N2O4/c1-22(2,3)30-21(27)26-12-13-7-6-8-16(18(13)23)17-10-14(20(28-4)29-5)9-15(11-25)19(17)24/h6-10,20H,12H2,1-5H3,(H,26,27). The highest BCUT2D eigenvalue weighted by Crippen LogP contribution is 2.32. The van der Waals surface area contributed by atoms with Crippen LogP contribution in [0.2, 0.25) is 0 Å². The van der Waals surface area contributed by atoms with Gasteiger partial charge in [-0.2, -0.15) is 5.26 Å². The summed E-state index contributed by atoms with van der Waals surface area (Å²) in [6.45, 7) is 4.98. The maximum absolute atomic E-state index is 15.2. The second kappa shape index (κ2) is 9.65. The van der Waals surface area contributed by atoms with Crippen LogP contribution in [0.15, 0.2) is 30.3 Å². The Morgan fingerprint density at radius 3 is 2.37 bits per heavy atom. The largest absolute Gasteiger partial charge is 0.444 e. The highest BCUT2D eigenvalue weighted by Gasteiger charge is 2.21. The molecule has 0 saturated carbocycles. The third-order valence-electron chi connectivity index (χ3n) is 4.11. The van der Waals surface area contributed by atoms with Gasteiger partial charge in [-0.3, -0.25) is 0 Å². The summed E-state index contributed by atoms with van der Waals surface area (Å²) >= 11 is 0. The molecule has 0 bridgehead atoms. The molecule has 0 saturated heterocycles. The van der Waals surface area contributed by atoms with Crippen LogP contribution in [0.1, 0.15) is 43.8 Å². The van der Waals surface area contributed by atoms with E-state index in [4.69, 9.17) is 14.2 Å². The second-order valence-corrected chi connectivity index (χ2v) is 7.48. The molecule has 0 aliphatic carbocycles. The monoisotopic (exact) mass is 418 g/mol. The molecule has 0 aliphatic heterocycles. The minimum Gasteiger partial charge on any atom is -0.444 e. The minimum atomic E-state index is -0.858. The van der Waals surface area contributed by atoms with Crippen molar-refractivity contribution < 1.29 is 27.8 Å². The van der Waals surface area contributed by atoms with Crippen molar-refractivity contribution in [2.24, 2.45) is 0 Å². The molecular formula is C22H24F2N2O4. The summed E-state index contributed by atoms with van der Waals surface area (Å²) in [5, 5.41) is 11.7. The molecule has 0 spiro atoms. The Labute approximate surface area is 174 Å². The second-order valence-electron chi connectivity index (χ2n) is 7.48. The van der Waals surface area contributed by atoms with Crippen LogP contribution in [0.25, 0.3) is 11.1 Å². The third kappa shape index (κ3) is 5.53. The van der Waals surface area contributed by atoms with Crippen LogP contribution in [0.5, 0.6) is 0 Å². The van der Waals surface area contributed by atoms with Gasteiger partial charge < -0.3 is 19.5 Å². The van der Waals surface area contributed by atoms with E-state index in [9.17, 15) is 14.4 Å². The number of hydrogen-bond donors (Lipinski definition) is 1. The maximum atomic E-state index is 15.2. The number of methoxy groups -OCH3 is 2. The molecule has 0 atom stereocenters. The molecule has 0 fully saturated rings. The number of nitriles is 1. The predicted octanol–water partition coefficient (Wildman–Crippen LogP) is 4.82. The van der Waals surface area contributed by atoms with Gasteiger partial charge in [0.05, 0.1) is 5.56 Å². The van der Waals surface area contributed by atoms with E-state index in [1.165, 1.54) is 44.6 Å². The number of benzene rings is 2. The number of halogens is 2. The topological polar surface area (TPSA) is 80.6 Å². The van der Waals surface area contributed by atoms with Crippen LogP contribution in [0.4, 0.5) is 13.6 Å². The fraction of sp³-hybridized carbons (Fsp3) is 0.364. The summed E-state index contributed by atoms with van der Waals surface area (Å²) in [6.07, 6.45) is -1.55. The van der Waals surface area contributed by atoms with Crippen molar-refractivity contribution in [1.82, 2.24) is 5.32 Å². The van der Waals surface area contributed by atoms with E-state index >= 15 is 4.39 Å². The van der Waals surface area contributed by atoms with Gasteiger partial charge in [0.25, 0.3) is 0 Å². The average molecular weight is 418 g/mol. The molecule has 2 rings (SSSR count). The van der Waals surface area contributed by atoms with Crippen molar-refractivity contribution in [3.63, 3.8) is 0 Å². The van der Waals surface area contributed by atoms with Gasteiger partial charge in [-0.1, -0.05) is 18.2 Å². The normalized spacial score (nSPS) is 11.3. The lowest BCUT2D eigenvalue weighted by Gasteiger charge is -2.20. The van der Waals surface area contributed by atoms with Crippen LogP contribution in [0, 0.1) is 23.0 Å². The van der Waals surface area contributed by atoms with Gasteiger partial charge in [-0.25, -0.2) is 13.6 Å². The van der Waals surface area contributed by atoms with Gasteiger partial charge >= 0.3 is 6.09 Å². The summed E-state index contributed by atoms with van der Waals surface area (Å²) in [5.41, 5.74) is -0.624. The first-order valence-electron chi connectivity index (χ1n) is 9.15. The zero-order valence-electron chi connectivity index (χ0n) is 17.5. The van der Waals surface area contributed by atoms with Crippen LogP contribution in [0.3, 0.4) is 0 Å². The molecule has 0 radical (unpaired) electrons. The number of nitrogens with one attached hydrogen (secondary N) is 1. The van der Waals surface area contributed by atoms with E-state index in [-0.39, 0.29) is 28.8 Å². The van der Waals surface area contributed by atoms with Crippen LogP contribution in [-0.4, -0.2) is 25.9 Å². The van der Waals surface area contributed by atoms with Crippen molar-refractivity contribution in [3.05, 3.63) is 58.7 Å². The SMILES string of the molecule is COC(OC)c1cc(C#N)c(F)c(-c2cccc(CNC(=O)OC(C)(C)C)c2F)c1. The van der Waals surface area contributed by atoms with Crippen LogP contribution in [-0.2, 0) is 20.8 Å². The van der Waals surface area contributed by atoms with Crippen LogP contribution < -0.4 is 5.32 Å². The zero-order valence-corrected chi connectivity index (χ0v) is 17.5. The minimum absolute atomic E-state index is 0.0553. The maximum Gasteiger partial charge on any atom is 0.407 e. The van der Waals surface area contributed by atoms with E-state index in [1.54, 1.807) is 26.8 Å². The summed E-state index contributed by atoms with van der Waals surface area (Å²) in [5.74, 6) is -1.58. The van der Waals surface area contributed by atoms with Crippen molar-refractivity contribution in [3.8, 4) is 17.2 Å². The first-order valence-corrected chi connectivity index (χ1v) is 9.15. The number of hydrogen-bond acceptors (Lipinski definition) is 5. The van der Waals surface area contributed by atoms with E-state index in [2.05, 4.69) is 5.32 Å². The molecule has 0 heterocycles. The zero-order chi connectivity index (χ0) is 22.5. The molecule has 2 aromatic carbocycles. The van der Waals surface area contributed by atoms with Crippen molar-refractivity contribution in [2.75, 3.05) is 14.2 Å². The Hall–Kier alpha value is -3.02. The molecule has 1 amide bonds. The van der Waals surface area contributed by atoms with Gasteiger partial charge in [0, 0.05) is 43.0 Å². The van der Waals surface area contributed by atoms with Crippen molar-refractivity contribution in [1.29, 1.82) is 5.26 Å². The molecule has 1 N–H and O–H groups in total. The van der Waals surface area contributed by atoms with Gasteiger partial charge in [-0.05, 0) is 32.9 Å². The Morgan fingerprint density at radius 2 is 1.80 bits per heavy atom. The number of carbonyl (C=O) groups is 1. The lowest BCUT2D eigenvalue weighted by atomic mass is 9.96. The fourth-order valence-corrected chi connectivity index (χ4v) is 2.83. The van der Waals surface area contributed by atoms with E-state index < -0.39 is 29.6 Å². The molecule has 0 aromatic heterocycles. The van der Waals surface area contributed by atoms with Crippen LogP contribution >= 0.6 is 0 Å². The number of ether oxygens (including phenoxy) is 3. The lowest BCUT2D eigenvalue weighted by Crippen LogP contribution is -2.32. The molecule has 2 aromatic rings. The summed E-state index contributed by atoms with van der Waals surface area (Å²) in [7, 11) is 2.79. The van der Waals surface area contributed by atoms with Gasteiger partial charge in [-0.15, -0.1) is 0 Å². The van der Waals surface area contributed by atoms with Gasteiger partial charge in [0.1, 0.15) is 23.3 Å². The quantitative estimate of drug-likeness (QED) is 0.681. The predicted molar refractivity (Wildman–Crippen MR) is 106 cm³/mol. The molecule has 160 valence electrons. The average Bonchev–Trinajstić information content (AvgIpc) is 2.68. The Balaban J connectivity index is 2.43. The number of rotatable bonds is 6. The highest BCUT2D eigenvalue weighted by molar-refractivity contribution is 5.70. The Kier molecular flexibility index (Phi) is 7.48. The number of nitrogens with zero attached hydrogens (tertiary/aromatic N) is 1. The Morgan fingerprint density at radius 1 is 1.13 bits per heavy atom. The molecule has 6 nitrogen and oxygen atoms in total. The van der Waals surface area contributed by atoms with Gasteiger partial charge in [0.15, 0.2) is 6.29 Å². The number of alkyl carbamates (subject to hydrolysis) is 1. The Bertz CT molecular complexity index is 961.